The molecule has 0 saturated carbocycles. The van der Waals surface area contributed by atoms with Gasteiger partial charge in [0.05, 0.1) is 6.61 Å². The Labute approximate surface area is 108 Å². The second kappa shape index (κ2) is 10.9. The molecule has 2 N–H and O–H groups in total. The maximum absolute atomic E-state index is 11.6. The van der Waals surface area contributed by atoms with Crippen LogP contribution in [0.25, 0.3) is 0 Å². The fraction of sp³-hybridized carbons (Fsp3) is 0.917. The molecule has 0 aromatic carbocycles. The van der Waals surface area contributed by atoms with Gasteiger partial charge in [-0.05, 0) is 37.3 Å². The lowest BCUT2D eigenvalue weighted by Crippen LogP contribution is -2.38. The van der Waals surface area contributed by atoms with Crippen LogP contribution in [-0.4, -0.2) is 48.4 Å². The van der Waals surface area contributed by atoms with E-state index in [1.807, 2.05) is 20.8 Å². The van der Waals surface area contributed by atoms with E-state index in [1.54, 1.807) is 11.8 Å². The molecule has 0 aliphatic heterocycles. The van der Waals surface area contributed by atoms with Crippen LogP contribution in [0.15, 0.2) is 0 Å². The van der Waals surface area contributed by atoms with Crippen molar-refractivity contribution >= 4 is 17.7 Å². The Hall–Kier alpha value is -0.260. The van der Waals surface area contributed by atoms with E-state index < -0.39 is 0 Å². The van der Waals surface area contributed by atoms with Gasteiger partial charge >= 0.3 is 5.97 Å². The van der Waals surface area contributed by atoms with Gasteiger partial charge in [-0.15, -0.1) is 0 Å². The molecule has 102 valence electrons. The largest absolute Gasteiger partial charge is 0.465 e. The zero-order valence-electron chi connectivity index (χ0n) is 11.1. The van der Waals surface area contributed by atoms with E-state index >= 15 is 0 Å². The number of hydrogen-bond acceptors (Lipinski definition) is 5. The molecule has 0 spiro atoms. The van der Waals surface area contributed by atoms with E-state index in [0.29, 0.717) is 12.5 Å². The van der Waals surface area contributed by atoms with Gasteiger partial charge < -0.3 is 15.2 Å². The minimum Gasteiger partial charge on any atom is -0.465 e. The van der Waals surface area contributed by atoms with Crippen LogP contribution in [0, 0.1) is 5.92 Å². The Kier molecular flexibility index (Phi) is 10.7. The predicted molar refractivity (Wildman–Crippen MR) is 72.3 cm³/mol. The van der Waals surface area contributed by atoms with Crippen LogP contribution in [0.5, 0.6) is 0 Å². The molecule has 0 saturated heterocycles. The fourth-order valence-electron chi connectivity index (χ4n) is 1.33. The SMILES string of the molecule is CCNC(CCSCC(C)CO)C(=O)OCC. The van der Waals surface area contributed by atoms with Crippen LogP contribution >= 0.6 is 11.8 Å². The van der Waals surface area contributed by atoms with Crippen LogP contribution in [0.3, 0.4) is 0 Å². The Morgan fingerprint density at radius 2 is 2.18 bits per heavy atom. The highest BCUT2D eigenvalue weighted by molar-refractivity contribution is 7.99. The lowest BCUT2D eigenvalue weighted by molar-refractivity contribution is -0.145. The fourth-order valence-corrected chi connectivity index (χ4v) is 2.41. The number of likely N-dealkylation sites (N-methyl/N-ethyl adjacent to an activating group) is 1. The number of ether oxygens (including phenoxy) is 1. The van der Waals surface area contributed by atoms with Gasteiger partial charge in [0.15, 0.2) is 0 Å². The highest BCUT2D eigenvalue weighted by Gasteiger charge is 2.17. The zero-order chi connectivity index (χ0) is 13.1. The number of carbonyl (C=O) groups is 1. The van der Waals surface area contributed by atoms with Gasteiger partial charge in [0.25, 0.3) is 0 Å². The van der Waals surface area contributed by atoms with Crippen molar-refractivity contribution in [2.45, 2.75) is 33.2 Å². The molecule has 0 aliphatic rings. The monoisotopic (exact) mass is 263 g/mol. The van der Waals surface area contributed by atoms with Crippen molar-refractivity contribution in [1.29, 1.82) is 0 Å². The molecule has 0 aromatic rings. The molecule has 0 bridgehead atoms. The minimum absolute atomic E-state index is 0.162. The lowest BCUT2D eigenvalue weighted by atomic mass is 10.2. The average Bonchev–Trinajstić information content (AvgIpc) is 2.32. The van der Waals surface area contributed by atoms with Crippen molar-refractivity contribution in [1.82, 2.24) is 5.32 Å². The normalized spacial score (nSPS) is 14.4. The molecular weight excluding hydrogens is 238 g/mol. The number of carbonyl (C=O) groups excluding carboxylic acids is 1. The van der Waals surface area contributed by atoms with E-state index in [2.05, 4.69) is 5.32 Å². The standard InChI is InChI=1S/C12H25NO3S/c1-4-13-11(12(15)16-5-2)6-7-17-9-10(3)8-14/h10-11,13-14H,4-9H2,1-3H3. The summed E-state index contributed by atoms with van der Waals surface area (Å²) in [4.78, 5) is 11.6. The molecule has 0 amide bonds. The maximum Gasteiger partial charge on any atom is 0.323 e. The number of hydrogen-bond donors (Lipinski definition) is 2. The first-order valence-electron chi connectivity index (χ1n) is 6.24. The number of thioether (sulfide) groups is 1. The summed E-state index contributed by atoms with van der Waals surface area (Å²) in [5.41, 5.74) is 0. The van der Waals surface area contributed by atoms with Crippen molar-refractivity contribution in [2.24, 2.45) is 5.92 Å². The molecule has 2 unspecified atom stereocenters. The quantitative estimate of drug-likeness (QED) is 0.459. The van der Waals surface area contributed by atoms with Gasteiger partial charge in [-0.3, -0.25) is 4.79 Å². The number of aliphatic hydroxyl groups excluding tert-OH is 1. The van der Waals surface area contributed by atoms with Gasteiger partial charge in [0.1, 0.15) is 6.04 Å². The second-order valence-corrected chi connectivity index (χ2v) is 5.16. The first kappa shape index (κ1) is 16.7. The zero-order valence-corrected chi connectivity index (χ0v) is 11.9. The van der Waals surface area contributed by atoms with Crippen molar-refractivity contribution in [2.75, 3.05) is 31.3 Å². The van der Waals surface area contributed by atoms with Crippen molar-refractivity contribution in [3.05, 3.63) is 0 Å². The minimum atomic E-state index is -0.197. The number of rotatable bonds is 10. The van der Waals surface area contributed by atoms with Crippen LogP contribution in [0.1, 0.15) is 27.2 Å². The van der Waals surface area contributed by atoms with Crippen molar-refractivity contribution in [3.63, 3.8) is 0 Å². The summed E-state index contributed by atoms with van der Waals surface area (Å²) in [6.45, 7) is 7.23. The number of esters is 1. The van der Waals surface area contributed by atoms with Crippen LogP contribution in [-0.2, 0) is 9.53 Å². The van der Waals surface area contributed by atoms with E-state index in [4.69, 9.17) is 9.84 Å². The van der Waals surface area contributed by atoms with E-state index in [-0.39, 0.29) is 18.6 Å². The van der Waals surface area contributed by atoms with E-state index in [1.165, 1.54) is 0 Å². The second-order valence-electron chi connectivity index (χ2n) is 4.01. The summed E-state index contributed by atoms with van der Waals surface area (Å²) in [5, 5.41) is 12.0. The molecule has 4 nitrogen and oxygen atoms in total. The molecule has 0 rings (SSSR count). The molecule has 0 aliphatic carbocycles. The first-order valence-corrected chi connectivity index (χ1v) is 7.39. The van der Waals surface area contributed by atoms with E-state index in [0.717, 1.165) is 24.5 Å². The summed E-state index contributed by atoms with van der Waals surface area (Å²) in [5.74, 6) is 1.99. The third-order valence-corrected chi connectivity index (χ3v) is 3.62. The maximum atomic E-state index is 11.6. The molecule has 0 aromatic heterocycles. The topological polar surface area (TPSA) is 58.6 Å². The summed E-state index contributed by atoms with van der Waals surface area (Å²) in [6.07, 6.45) is 0.773. The predicted octanol–water partition coefficient (Wildman–Crippen LogP) is 1.28. The molecule has 0 fully saturated rings. The lowest BCUT2D eigenvalue weighted by Gasteiger charge is -2.16. The summed E-state index contributed by atoms with van der Waals surface area (Å²) >= 11 is 1.77. The Balaban J connectivity index is 3.80. The molecule has 17 heavy (non-hydrogen) atoms. The molecule has 0 radical (unpaired) electrons. The van der Waals surface area contributed by atoms with Gasteiger partial charge in [-0.25, -0.2) is 0 Å². The molecular formula is C12H25NO3S. The van der Waals surface area contributed by atoms with Crippen LogP contribution in [0.2, 0.25) is 0 Å². The van der Waals surface area contributed by atoms with Crippen LogP contribution in [0.4, 0.5) is 0 Å². The Morgan fingerprint density at radius 3 is 2.71 bits per heavy atom. The van der Waals surface area contributed by atoms with Crippen LogP contribution < -0.4 is 5.32 Å². The average molecular weight is 263 g/mol. The molecule has 2 atom stereocenters. The number of nitrogens with one attached hydrogen (secondary N) is 1. The third-order valence-electron chi connectivity index (χ3n) is 2.29. The summed E-state index contributed by atoms with van der Waals surface area (Å²) in [6, 6.07) is -0.197. The van der Waals surface area contributed by atoms with Crippen molar-refractivity contribution < 1.29 is 14.6 Å². The van der Waals surface area contributed by atoms with Gasteiger partial charge in [0.2, 0.25) is 0 Å². The summed E-state index contributed by atoms with van der Waals surface area (Å²) in [7, 11) is 0. The first-order chi connectivity index (χ1) is 8.15. The smallest absolute Gasteiger partial charge is 0.323 e. The molecule has 0 heterocycles. The Bertz CT molecular complexity index is 202. The van der Waals surface area contributed by atoms with Crippen molar-refractivity contribution in [3.8, 4) is 0 Å². The number of aliphatic hydroxyl groups is 1. The summed E-state index contributed by atoms with van der Waals surface area (Å²) < 4.78 is 5.01. The highest BCUT2D eigenvalue weighted by Crippen LogP contribution is 2.11. The Morgan fingerprint density at radius 1 is 1.47 bits per heavy atom. The van der Waals surface area contributed by atoms with Gasteiger partial charge in [-0.1, -0.05) is 13.8 Å². The van der Waals surface area contributed by atoms with Gasteiger partial charge in [0, 0.05) is 6.61 Å². The third kappa shape index (κ3) is 8.46. The van der Waals surface area contributed by atoms with E-state index in [9.17, 15) is 4.79 Å². The highest BCUT2D eigenvalue weighted by atomic mass is 32.2. The molecule has 5 heteroatoms. The van der Waals surface area contributed by atoms with Gasteiger partial charge in [-0.2, -0.15) is 11.8 Å².